The molecule has 1 aromatic carbocycles. The van der Waals surface area contributed by atoms with Gasteiger partial charge in [0.2, 0.25) is 0 Å². The lowest BCUT2D eigenvalue weighted by atomic mass is 10.1. The Morgan fingerprint density at radius 1 is 1.25 bits per heavy atom. The van der Waals surface area contributed by atoms with Crippen molar-refractivity contribution in [2.75, 3.05) is 18.5 Å². The maximum atomic E-state index is 4.57. The van der Waals surface area contributed by atoms with Gasteiger partial charge >= 0.3 is 0 Å². The van der Waals surface area contributed by atoms with E-state index in [0.717, 1.165) is 18.1 Å². The maximum Gasteiger partial charge on any atom is 0.132 e. The predicted octanol–water partition coefficient (Wildman–Crippen LogP) is 3.83. The molecule has 0 aliphatic heterocycles. The average Bonchev–Trinajstić information content (AvgIpc) is 2.47. The fraction of sp³-hybridized carbons (Fsp3) is 0.353. The highest BCUT2D eigenvalue weighted by Gasteiger charge is 2.08. The summed E-state index contributed by atoms with van der Waals surface area (Å²) < 4.78 is 0. The Hall–Kier alpha value is -1.87. The van der Waals surface area contributed by atoms with Crippen molar-refractivity contribution in [3.63, 3.8) is 0 Å². The predicted molar refractivity (Wildman–Crippen MR) is 85.6 cm³/mol. The molecule has 3 heteroatoms. The van der Waals surface area contributed by atoms with Gasteiger partial charge in [0.1, 0.15) is 5.82 Å². The number of anilines is 2. The van der Waals surface area contributed by atoms with Crippen LogP contribution in [0.3, 0.4) is 0 Å². The van der Waals surface area contributed by atoms with Gasteiger partial charge in [-0.05, 0) is 49.7 Å². The molecule has 1 atom stereocenters. The van der Waals surface area contributed by atoms with Crippen LogP contribution in [-0.4, -0.2) is 18.6 Å². The van der Waals surface area contributed by atoms with Gasteiger partial charge in [-0.15, -0.1) is 0 Å². The third kappa shape index (κ3) is 3.36. The van der Waals surface area contributed by atoms with E-state index in [9.17, 15) is 0 Å². The van der Waals surface area contributed by atoms with Crippen molar-refractivity contribution in [2.45, 2.75) is 26.8 Å². The number of aromatic nitrogens is 1. The van der Waals surface area contributed by atoms with Crippen LogP contribution in [0.15, 0.2) is 42.6 Å². The monoisotopic (exact) mass is 269 g/mol. The standard InChI is InChI=1S/C17H23N3/c1-5-18-14(3)15-9-10-17(19-12-15)20(4)16-8-6-7-13(2)11-16/h6-12,14,18H,5H2,1-4H3. The summed E-state index contributed by atoms with van der Waals surface area (Å²) in [5.41, 5.74) is 3.63. The number of nitrogens with zero attached hydrogens (tertiary/aromatic N) is 2. The van der Waals surface area contributed by atoms with Crippen LogP contribution in [0.1, 0.15) is 31.0 Å². The molecule has 2 rings (SSSR count). The molecule has 0 saturated heterocycles. The summed E-state index contributed by atoms with van der Waals surface area (Å²) in [4.78, 5) is 6.68. The highest BCUT2D eigenvalue weighted by Crippen LogP contribution is 2.23. The van der Waals surface area contributed by atoms with Gasteiger partial charge in [0.05, 0.1) is 0 Å². The molecule has 1 aromatic heterocycles. The van der Waals surface area contributed by atoms with Crippen molar-refractivity contribution in [1.82, 2.24) is 10.3 Å². The molecule has 0 aliphatic rings. The number of pyridine rings is 1. The van der Waals surface area contributed by atoms with Crippen LogP contribution in [0, 0.1) is 6.92 Å². The minimum Gasteiger partial charge on any atom is -0.329 e. The van der Waals surface area contributed by atoms with E-state index in [2.05, 4.69) is 72.4 Å². The Morgan fingerprint density at radius 2 is 2.05 bits per heavy atom. The van der Waals surface area contributed by atoms with Crippen LogP contribution in [0.2, 0.25) is 0 Å². The zero-order valence-corrected chi connectivity index (χ0v) is 12.7. The van der Waals surface area contributed by atoms with Crippen LogP contribution in [-0.2, 0) is 0 Å². The number of nitrogens with one attached hydrogen (secondary N) is 1. The summed E-state index contributed by atoms with van der Waals surface area (Å²) in [6.07, 6.45) is 1.95. The lowest BCUT2D eigenvalue weighted by Crippen LogP contribution is -2.18. The fourth-order valence-corrected chi connectivity index (χ4v) is 2.24. The summed E-state index contributed by atoms with van der Waals surface area (Å²) in [7, 11) is 2.05. The van der Waals surface area contributed by atoms with E-state index in [1.54, 1.807) is 0 Å². The molecular weight excluding hydrogens is 246 g/mol. The Morgan fingerprint density at radius 3 is 2.65 bits per heavy atom. The summed E-state index contributed by atoms with van der Waals surface area (Å²) in [5, 5.41) is 3.40. The summed E-state index contributed by atoms with van der Waals surface area (Å²) in [5.74, 6) is 0.961. The van der Waals surface area contributed by atoms with E-state index in [1.165, 1.54) is 11.1 Å². The van der Waals surface area contributed by atoms with Crippen LogP contribution in [0.5, 0.6) is 0 Å². The van der Waals surface area contributed by atoms with E-state index in [1.807, 2.05) is 13.2 Å². The average molecular weight is 269 g/mol. The minimum atomic E-state index is 0.339. The van der Waals surface area contributed by atoms with E-state index in [-0.39, 0.29) is 0 Å². The van der Waals surface area contributed by atoms with Gasteiger partial charge in [-0.1, -0.05) is 25.1 Å². The zero-order chi connectivity index (χ0) is 14.5. The van der Waals surface area contributed by atoms with Crippen molar-refractivity contribution in [2.24, 2.45) is 0 Å². The maximum absolute atomic E-state index is 4.57. The van der Waals surface area contributed by atoms with Crippen molar-refractivity contribution in [3.8, 4) is 0 Å². The molecule has 1 heterocycles. The number of aryl methyl sites for hydroxylation is 1. The van der Waals surface area contributed by atoms with E-state index in [0.29, 0.717) is 6.04 Å². The first-order valence-electron chi connectivity index (χ1n) is 7.11. The zero-order valence-electron chi connectivity index (χ0n) is 12.7. The first-order valence-corrected chi connectivity index (χ1v) is 7.11. The highest BCUT2D eigenvalue weighted by molar-refractivity contribution is 5.59. The van der Waals surface area contributed by atoms with E-state index in [4.69, 9.17) is 0 Å². The Bertz CT molecular complexity index is 548. The lowest BCUT2D eigenvalue weighted by molar-refractivity contribution is 0.596. The van der Waals surface area contributed by atoms with E-state index < -0.39 is 0 Å². The van der Waals surface area contributed by atoms with Crippen LogP contribution >= 0.6 is 0 Å². The van der Waals surface area contributed by atoms with Gasteiger partial charge in [0.25, 0.3) is 0 Å². The molecule has 0 radical (unpaired) electrons. The topological polar surface area (TPSA) is 28.2 Å². The second-order valence-corrected chi connectivity index (χ2v) is 5.13. The molecule has 1 unspecified atom stereocenters. The quantitative estimate of drug-likeness (QED) is 0.894. The van der Waals surface area contributed by atoms with Crippen molar-refractivity contribution < 1.29 is 0 Å². The fourth-order valence-electron chi connectivity index (χ4n) is 2.24. The van der Waals surface area contributed by atoms with Gasteiger partial charge in [-0.3, -0.25) is 0 Å². The summed E-state index contributed by atoms with van der Waals surface area (Å²) in [6, 6.07) is 13.0. The second kappa shape index (κ2) is 6.53. The Kier molecular flexibility index (Phi) is 4.74. The molecule has 0 fully saturated rings. The number of hydrogen-bond donors (Lipinski definition) is 1. The van der Waals surface area contributed by atoms with Crippen LogP contribution in [0.4, 0.5) is 11.5 Å². The highest BCUT2D eigenvalue weighted by atomic mass is 15.2. The molecule has 20 heavy (non-hydrogen) atoms. The largest absolute Gasteiger partial charge is 0.329 e. The molecule has 3 nitrogen and oxygen atoms in total. The molecule has 0 saturated carbocycles. The van der Waals surface area contributed by atoms with E-state index >= 15 is 0 Å². The van der Waals surface area contributed by atoms with Gasteiger partial charge in [0.15, 0.2) is 0 Å². The molecule has 106 valence electrons. The van der Waals surface area contributed by atoms with Gasteiger partial charge in [-0.2, -0.15) is 0 Å². The minimum absolute atomic E-state index is 0.339. The molecule has 0 spiro atoms. The lowest BCUT2D eigenvalue weighted by Gasteiger charge is -2.20. The molecule has 0 amide bonds. The number of benzene rings is 1. The molecule has 1 N–H and O–H groups in total. The number of rotatable bonds is 5. The van der Waals surface area contributed by atoms with Crippen LogP contribution < -0.4 is 10.2 Å². The first kappa shape index (κ1) is 14.5. The molecule has 0 aliphatic carbocycles. The third-order valence-corrected chi connectivity index (χ3v) is 3.51. The Labute approximate surface area is 121 Å². The molecule has 0 bridgehead atoms. The normalized spacial score (nSPS) is 12.2. The van der Waals surface area contributed by atoms with Gasteiger partial charge in [0, 0.05) is 25.0 Å². The molecular formula is C17H23N3. The number of hydrogen-bond acceptors (Lipinski definition) is 3. The SMILES string of the molecule is CCNC(C)c1ccc(N(C)c2cccc(C)c2)nc1. The third-order valence-electron chi connectivity index (χ3n) is 3.51. The smallest absolute Gasteiger partial charge is 0.132 e. The second-order valence-electron chi connectivity index (χ2n) is 5.13. The summed E-state index contributed by atoms with van der Waals surface area (Å²) in [6.45, 7) is 7.34. The van der Waals surface area contributed by atoms with Crippen molar-refractivity contribution >= 4 is 11.5 Å². The van der Waals surface area contributed by atoms with Crippen LogP contribution in [0.25, 0.3) is 0 Å². The van der Waals surface area contributed by atoms with Gasteiger partial charge in [-0.25, -0.2) is 4.98 Å². The van der Waals surface area contributed by atoms with Crippen molar-refractivity contribution in [1.29, 1.82) is 0 Å². The van der Waals surface area contributed by atoms with Gasteiger partial charge < -0.3 is 10.2 Å². The first-order chi connectivity index (χ1) is 9.61. The Balaban J connectivity index is 2.17. The van der Waals surface area contributed by atoms with Crippen molar-refractivity contribution in [3.05, 3.63) is 53.7 Å². The molecule has 2 aromatic rings. The summed E-state index contributed by atoms with van der Waals surface area (Å²) >= 11 is 0.